The van der Waals surface area contributed by atoms with Gasteiger partial charge in [0.2, 0.25) is 0 Å². The fraction of sp³-hybridized carbons (Fsp3) is 0.364. The first kappa shape index (κ1) is 22.8. The van der Waals surface area contributed by atoms with Crippen LogP contribution in [-0.4, -0.2) is 47.3 Å². The second-order valence-electron chi connectivity index (χ2n) is 7.22. The van der Waals surface area contributed by atoms with Crippen molar-refractivity contribution >= 4 is 41.3 Å². The van der Waals surface area contributed by atoms with E-state index in [0.29, 0.717) is 0 Å². The minimum absolute atomic E-state index is 0. The van der Waals surface area contributed by atoms with Crippen molar-refractivity contribution in [3.8, 4) is 0 Å². The van der Waals surface area contributed by atoms with Gasteiger partial charge in [-0.3, -0.25) is 14.6 Å². The molecular formula is C22H29IN6S. The largest absolute Gasteiger partial charge is 0.355 e. The van der Waals surface area contributed by atoms with Crippen LogP contribution in [0.5, 0.6) is 0 Å². The molecule has 30 heavy (non-hydrogen) atoms. The van der Waals surface area contributed by atoms with Gasteiger partial charge in [0.1, 0.15) is 0 Å². The molecule has 0 fully saturated rings. The summed E-state index contributed by atoms with van der Waals surface area (Å²) in [4.78, 5) is 8.44. The Hall–Kier alpha value is -1.91. The van der Waals surface area contributed by atoms with Crippen LogP contribution in [0.2, 0.25) is 0 Å². The van der Waals surface area contributed by atoms with Crippen molar-refractivity contribution < 1.29 is 0 Å². The van der Waals surface area contributed by atoms with E-state index in [2.05, 4.69) is 61.3 Å². The normalized spacial score (nSPS) is 14.1. The summed E-state index contributed by atoms with van der Waals surface area (Å²) in [6.07, 6.45) is 4.98. The molecule has 160 valence electrons. The van der Waals surface area contributed by atoms with E-state index in [0.717, 1.165) is 45.2 Å². The Balaban J connectivity index is 0.00000256. The molecule has 0 radical (unpaired) electrons. The second-order valence-corrected chi connectivity index (χ2v) is 8.22. The highest BCUT2D eigenvalue weighted by molar-refractivity contribution is 14.0. The first-order chi connectivity index (χ1) is 14.3. The van der Waals surface area contributed by atoms with E-state index >= 15 is 0 Å². The highest BCUT2D eigenvalue weighted by Crippen LogP contribution is 2.23. The van der Waals surface area contributed by atoms with Gasteiger partial charge in [-0.05, 0) is 40.6 Å². The lowest BCUT2D eigenvalue weighted by Gasteiger charge is -2.27. The minimum atomic E-state index is 0. The topological polar surface area (TPSA) is 57.5 Å². The molecule has 0 saturated heterocycles. The van der Waals surface area contributed by atoms with Crippen LogP contribution in [0.15, 0.2) is 59.2 Å². The molecule has 0 atom stereocenters. The lowest BCUT2D eigenvalue weighted by Crippen LogP contribution is -2.42. The molecule has 0 bridgehead atoms. The SMILES string of the molecule is CN=C(NCCN1CCc2sccc2C1)NCc1ccccc1Cn1cccn1.I. The zero-order valence-electron chi connectivity index (χ0n) is 17.3. The first-order valence-corrected chi connectivity index (χ1v) is 11.0. The molecule has 8 heteroatoms. The molecule has 0 spiro atoms. The molecular weight excluding hydrogens is 507 g/mol. The third-order valence-electron chi connectivity index (χ3n) is 5.29. The maximum Gasteiger partial charge on any atom is 0.191 e. The monoisotopic (exact) mass is 536 g/mol. The number of hydrogen-bond acceptors (Lipinski definition) is 4. The molecule has 0 aliphatic carbocycles. The molecule has 1 aliphatic rings. The quantitative estimate of drug-likeness (QED) is 0.277. The van der Waals surface area contributed by atoms with Gasteiger partial charge >= 0.3 is 0 Å². The van der Waals surface area contributed by atoms with Crippen LogP contribution < -0.4 is 10.6 Å². The average Bonchev–Trinajstić information content (AvgIpc) is 3.43. The van der Waals surface area contributed by atoms with Gasteiger partial charge in [0.15, 0.2) is 5.96 Å². The number of aromatic nitrogens is 2. The number of guanidine groups is 1. The van der Waals surface area contributed by atoms with Crippen molar-refractivity contribution in [2.45, 2.75) is 26.1 Å². The summed E-state index contributed by atoms with van der Waals surface area (Å²) in [5.74, 6) is 0.840. The standard InChI is InChI=1S/C22H28N6S.HI/c1-23-22(24-10-13-27-12-7-21-20(16-27)8-14-29-21)25-15-18-5-2-3-6-19(18)17-28-11-4-9-26-28;/h2-6,8-9,11,14H,7,10,12-13,15-17H2,1H3,(H2,23,24,25);1H. The van der Waals surface area contributed by atoms with E-state index < -0.39 is 0 Å². The van der Waals surface area contributed by atoms with Gasteiger partial charge in [-0.2, -0.15) is 5.10 Å². The van der Waals surface area contributed by atoms with Crippen molar-refractivity contribution in [2.75, 3.05) is 26.7 Å². The van der Waals surface area contributed by atoms with Gasteiger partial charge in [0.25, 0.3) is 0 Å². The van der Waals surface area contributed by atoms with Crippen molar-refractivity contribution in [1.29, 1.82) is 0 Å². The molecule has 2 N–H and O–H groups in total. The van der Waals surface area contributed by atoms with E-state index in [9.17, 15) is 0 Å². The van der Waals surface area contributed by atoms with Crippen LogP contribution in [0.1, 0.15) is 21.6 Å². The number of nitrogens with one attached hydrogen (secondary N) is 2. The smallest absolute Gasteiger partial charge is 0.191 e. The van der Waals surface area contributed by atoms with Crippen LogP contribution in [0.4, 0.5) is 0 Å². The fourth-order valence-corrected chi connectivity index (χ4v) is 4.57. The molecule has 0 unspecified atom stereocenters. The van der Waals surface area contributed by atoms with Crippen molar-refractivity contribution in [1.82, 2.24) is 25.3 Å². The third-order valence-corrected chi connectivity index (χ3v) is 6.31. The molecule has 4 rings (SSSR count). The third kappa shape index (κ3) is 6.05. The first-order valence-electron chi connectivity index (χ1n) is 10.1. The van der Waals surface area contributed by atoms with Crippen LogP contribution >= 0.6 is 35.3 Å². The number of rotatable bonds is 7. The second kappa shape index (κ2) is 11.5. The summed E-state index contributed by atoms with van der Waals surface area (Å²) in [5.41, 5.74) is 4.02. The zero-order valence-corrected chi connectivity index (χ0v) is 20.4. The Morgan fingerprint density at radius 2 is 2.03 bits per heavy atom. The molecule has 0 saturated carbocycles. The van der Waals surface area contributed by atoms with Crippen molar-refractivity contribution in [3.63, 3.8) is 0 Å². The van der Waals surface area contributed by atoms with Gasteiger partial charge in [-0.25, -0.2) is 0 Å². The van der Waals surface area contributed by atoms with Crippen LogP contribution in [0.25, 0.3) is 0 Å². The summed E-state index contributed by atoms with van der Waals surface area (Å²) in [7, 11) is 1.82. The zero-order chi connectivity index (χ0) is 19.9. The molecule has 6 nitrogen and oxygen atoms in total. The predicted octanol–water partition coefficient (Wildman–Crippen LogP) is 3.33. The van der Waals surface area contributed by atoms with Gasteiger partial charge in [0, 0.05) is 57.0 Å². The number of hydrogen-bond donors (Lipinski definition) is 2. The number of halogens is 1. The molecule has 1 aromatic carbocycles. The highest BCUT2D eigenvalue weighted by atomic mass is 127. The van der Waals surface area contributed by atoms with E-state index in [1.807, 2.05) is 41.5 Å². The van der Waals surface area contributed by atoms with E-state index in [4.69, 9.17) is 0 Å². The van der Waals surface area contributed by atoms with Crippen LogP contribution in [0, 0.1) is 0 Å². The Morgan fingerprint density at radius 1 is 1.17 bits per heavy atom. The lowest BCUT2D eigenvalue weighted by atomic mass is 10.1. The van der Waals surface area contributed by atoms with Crippen molar-refractivity contribution in [3.05, 3.63) is 75.7 Å². The summed E-state index contributed by atoms with van der Waals surface area (Å²) < 4.78 is 1.95. The Kier molecular flexibility index (Phi) is 8.71. The molecule has 2 aromatic heterocycles. The van der Waals surface area contributed by atoms with E-state index in [1.54, 1.807) is 4.88 Å². The fourth-order valence-electron chi connectivity index (χ4n) is 3.68. The number of benzene rings is 1. The molecule has 1 aliphatic heterocycles. The Labute approximate surface area is 199 Å². The summed E-state index contributed by atoms with van der Waals surface area (Å²) in [6.45, 7) is 5.62. The Morgan fingerprint density at radius 3 is 2.83 bits per heavy atom. The van der Waals surface area contributed by atoms with Gasteiger partial charge in [-0.15, -0.1) is 35.3 Å². The van der Waals surface area contributed by atoms with E-state index in [-0.39, 0.29) is 24.0 Å². The maximum atomic E-state index is 4.38. The van der Waals surface area contributed by atoms with Crippen LogP contribution in [-0.2, 0) is 26.1 Å². The number of nitrogens with zero attached hydrogens (tertiary/aromatic N) is 4. The van der Waals surface area contributed by atoms with Gasteiger partial charge < -0.3 is 10.6 Å². The van der Waals surface area contributed by atoms with Gasteiger partial charge in [0.05, 0.1) is 6.54 Å². The molecule has 3 heterocycles. The minimum Gasteiger partial charge on any atom is -0.355 e. The van der Waals surface area contributed by atoms with E-state index in [1.165, 1.54) is 23.1 Å². The predicted molar refractivity (Wildman–Crippen MR) is 135 cm³/mol. The number of thiophene rings is 1. The lowest BCUT2D eigenvalue weighted by molar-refractivity contribution is 0.260. The summed E-state index contributed by atoms with van der Waals surface area (Å²) in [6, 6.07) is 12.7. The Bertz CT molecular complexity index is 937. The van der Waals surface area contributed by atoms with Gasteiger partial charge in [-0.1, -0.05) is 24.3 Å². The van der Waals surface area contributed by atoms with Crippen LogP contribution in [0.3, 0.4) is 0 Å². The van der Waals surface area contributed by atoms with Crippen molar-refractivity contribution in [2.24, 2.45) is 4.99 Å². The highest BCUT2D eigenvalue weighted by Gasteiger charge is 2.16. The summed E-state index contributed by atoms with van der Waals surface area (Å²) in [5, 5.41) is 13.4. The summed E-state index contributed by atoms with van der Waals surface area (Å²) >= 11 is 1.89. The maximum absolute atomic E-state index is 4.38. The molecule has 0 amide bonds. The molecule has 3 aromatic rings. The number of aliphatic imine (C=N–C) groups is 1. The number of fused-ring (bicyclic) bond motifs is 1. The average molecular weight is 536 g/mol.